The van der Waals surface area contributed by atoms with Gasteiger partial charge in [0, 0.05) is 10.2 Å². The summed E-state index contributed by atoms with van der Waals surface area (Å²) < 4.78 is 11.8. The third-order valence-electron chi connectivity index (χ3n) is 3.15. The first-order valence-corrected chi connectivity index (χ1v) is 8.17. The van der Waals surface area contributed by atoms with Crippen molar-refractivity contribution in [2.24, 2.45) is 4.99 Å². The first-order valence-electron chi connectivity index (χ1n) is 7.38. The lowest BCUT2D eigenvalue weighted by molar-refractivity contribution is 0.0496. The highest BCUT2D eigenvalue weighted by molar-refractivity contribution is 9.10. The molecule has 0 spiro atoms. The summed E-state index contributed by atoms with van der Waals surface area (Å²) >= 11 is 3.43. The summed E-state index contributed by atoms with van der Waals surface area (Å²) in [4.78, 5) is 16.5. The highest BCUT2D eigenvalue weighted by Gasteiger charge is 2.27. The van der Waals surface area contributed by atoms with Gasteiger partial charge >= 0.3 is 6.09 Å². The van der Waals surface area contributed by atoms with E-state index in [0.29, 0.717) is 11.5 Å². The van der Waals surface area contributed by atoms with Gasteiger partial charge in [0.15, 0.2) is 0 Å². The van der Waals surface area contributed by atoms with Crippen LogP contribution in [0.25, 0.3) is 0 Å². The number of hydrogen-bond donors (Lipinski definition) is 2. The molecule has 3 N–H and O–H groups in total. The molecule has 0 aromatic heterocycles. The monoisotopic (exact) mass is 383 g/mol. The number of carbonyl (C=O) groups is 1. The van der Waals surface area contributed by atoms with E-state index in [0.717, 1.165) is 10.0 Å². The van der Waals surface area contributed by atoms with Gasteiger partial charge in [-0.2, -0.15) is 0 Å². The average molecular weight is 384 g/mol. The van der Waals surface area contributed by atoms with Gasteiger partial charge in [-0.05, 0) is 51.5 Å². The van der Waals surface area contributed by atoms with Gasteiger partial charge in [0.25, 0.3) is 0 Å². The molecule has 0 aliphatic carbocycles. The molecule has 126 valence electrons. The number of alkyl carbamates (subject to hydrolysis) is 1. The number of benzene rings is 1. The summed E-state index contributed by atoms with van der Waals surface area (Å²) in [5, 5.41) is 2.65. The number of nitrogens with two attached hydrogens (primary N) is 1. The first kappa shape index (κ1) is 17.7. The number of hydrogen-bond acceptors (Lipinski definition) is 5. The molecule has 6 nitrogen and oxygen atoms in total. The molecule has 0 radical (unpaired) electrons. The molecule has 1 aliphatic rings. The molecule has 1 unspecified atom stereocenters. The maximum absolute atomic E-state index is 11.9. The van der Waals surface area contributed by atoms with Crippen LogP contribution in [0.1, 0.15) is 39.3 Å². The molecule has 1 aromatic rings. The largest absolute Gasteiger partial charge is 0.444 e. The van der Waals surface area contributed by atoms with Gasteiger partial charge in [-0.1, -0.05) is 15.9 Å². The number of nitrogen functional groups attached to an aromatic ring is 1. The van der Waals surface area contributed by atoms with E-state index in [-0.39, 0.29) is 18.8 Å². The predicted molar refractivity (Wildman–Crippen MR) is 93.5 cm³/mol. The number of rotatable bonds is 1. The molecule has 0 saturated carbocycles. The van der Waals surface area contributed by atoms with Crippen LogP contribution in [0.3, 0.4) is 0 Å². The third kappa shape index (κ3) is 5.21. The summed E-state index contributed by atoms with van der Waals surface area (Å²) in [5.74, 6) is 0.445. The zero-order chi connectivity index (χ0) is 17.2. The third-order valence-corrected chi connectivity index (χ3v) is 3.61. The van der Waals surface area contributed by atoms with Crippen molar-refractivity contribution >= 4 is 33.5 Å². The normalized spacial score (nSPS) is 21.5. The minimum atomic E-state index is -0.564. The van der Waals surface area contributed by atoms with Crippen molar-refractivity contribution in [1.82, 2.24) is 5.32 Å². The lowest BCUT2D eigenvalue weighted by Gasteiger charge is -2.28. The van der Waals surface area contributed by atoms with Crippen LogP contribution >= 0.6 is 15.9 Å². The molecule has 2 atom stereocenters. The molecule has 0 fully saturated rings. The molecule has 23 heavy (non-hydrogen) atoms. The number of carbonyl (C=O) groups excluding carboxylic acids is 1. The summed E-state index contributed by atoms with van der Waals surface area (Å²) in [6, 6.07) is 5.38. The zero-order valence-corrected chi connectivity index (χ0v) is 15.3. The fraction of sp³-hybridized carbons (Fsp3) is 0.500. The second-order valence-corrected chi connectivity index (χ2v) is 7.40. The number of nitrogens with one attached hydrogen (secondary N) is 1. The number of nitrogens with zero attached hydrogens (tertiary/aromatic N) is 1. The van der Waals surface area contributed by atoms with Crippen molar-refractivity contribution in [3.63, 3.8) is 0 Å². The number of amides is 1. The quantitative estimate of drug-likeness (QED) is 0.727. The minimum absolute atomic E-state index is 0.118. The first-order chi connectivity index (χ1) is 10.6. The Labute approximate surface area is 144 Å². The molecule has 0 bridgehead atoms. The fourth-order valence-corrected chi connectivity index (χ4v) is 2.78. The Balaban J connectivity index is 2.18. The molecule has 1 aromatic carbocycles. The Morgan fingerprint density at radius 2 is 2.13 bits per heavy atom. The Kier molecular flexibility index (Phi) is 5.31. The average Bonchev–Trinajstić information content (AvgIpc) is 2.37. The van der Waals surface area contributed by atoms with E-state index in [9.17, 15) is 4.79 Å². The number of ether oxygens (including phenoxy) is 2. The molecule has 7 heteroatoms. The molecular formula is C16H22BrN3O3. The van der Waals surface area contributed by atoms with Crippen LogP contribution in [0.15, 0.2) is 27.7 Å². The number of aliphatic imine (C=N–C) groups is 1. The van der Waals surface area contributed by atoms with Crippen molar-refractivity contribution in [3.05, 3.63) is 28.2 Å². The van der Waals surface area contributed by atoms with E-state index in [4.69, 9.17) is 15.2 Å². The van der Waals surface area contributed by atoms with Crippen molar-refractivity contribution in [2.45, 2.75) is 45.4 Å². The lowest BCUT2D eigenvalue weighted by Crippen LogP contribution is -2.42. The van der Waals surface area contributed by atoms with Crippen LogP contribution in [0.5, 0.6) is 0 Å². The molecule has 1 aliphatic heterocycles. The molecule has 1 amide bonds. The van der Waals surface area contributed by atoms with Crippen molar-refractivity contribution in [1.29, 1.82) is 0 Å². The molecule has 0 saturated heterocycles. The van der Waals surface area contributed by atoms with Crippen LogP contribution in [-0.4, -0.2) is 30.2 Å². The van der Waals surface area contributed by atoms with Crippen LogP contribution < -0.4 is 11.1 Å². The molecular weight excluding hydrogens is 362 g/mol. The minimum Gasteiger partial charge on any atom is -0.444 e. The second kappa shape index (κ2) is 6.88. The van der Waals surface area contributed by atoms with Crippen molar-refractivity contribution < 1.29 is 14.3 Å². The maximum Gasteiger partial charge on any atom is 0.413 e. The SMILES string of the molecule is CC1OCC(NC(=O)OC(C)(C)C)=N[C@@H]1c1cc(N)cc(Br)c1. The second-order valence-electron chi connectivity index (χ2n) is 6.48. The van der Waals surface area contributed by atoms with Crippen molar-refractivity contribution in [2.75, 3.05) is 12.3 Å². The highest BCUT2D eigenvalue weighted by atomic mass is 79.9. The zero-order valence-electron chi connectivity index (χ0n) is 13.7. The fourth-order valence-electron chi connectivity index (χ4n) is 2.25. The van der Waals surface area contributed by atoms with Gasteiger partial charge < -0.3 is 15.2 Å². The van der Waals surface area contributed by atoms with E-state index in [1.807, 2.05) is 25.1 Å². The van der Waals surface area contributed by atoms with Crippen molar-refractivity contribution in [3.8, 4) is 0 Å². The van der Waals surface area contributed by atoms with Gasteiger partial charge in [0.05, 0.1) is 6.10 Å². The van der Waals surface area contributed by atoms with E-state index in [1.54, 1.807) is 20.8 Å². The highest BCUT2D eigenvalue weighted by Crippen LogP contribution is 2.30. The van der Waals surface area contributed by atoms with Gasteiger partial charge in [-0.3, -0.25) is 10.3 Å². The summed E-state index contributed by atoms with van der Waals surface area (Å²) in [6.45, 7) is 7.60. The van der Waals surface area contributed by atoms with Gasteiger partial charge in [0.1, 0.15) is 24.1 Å². The standard InChI is InChI=1S/C16H22BrN3O3/c1-9-14(10-5-11(17)7-12(18)6-10)19-13(8-22-9)20-15(21)23-16(2,3)4/h5-7,9,14H,8,18H2,1-4H3,(H,19,20,21)/t9?,14-/m0/s1. The van der Waals surface area contributed by atoms with E-state index >= 15 is 0 Å². The summed E-state index contributed by atoms with van der Waals surface area (Å²) in [5.41, 5.74) is 6.89. The summed E-state index contributed by atoms with van der Waals surface area (Å²) in [7, 11) is 0. The number of amidine groups is 1. The Bertz CT molecular complexity index is 605. The van der Waals surface area contributed by atoms with Gasteiger partial charge in [-0.15, -0.1) is 0 Å². The Morgan fingerprint density at radius 1 is 1.43 bits per heavy atom. The van der Waals surface area contributed by atoms with Crippen LogP contribution in [0, 0.1) is 0 Å². The van der Waals surface area contributed by atoms with E-state index in [2.05, 4.69) is 26.2 Å². The Hall–Kier alpha value is -1.60. The number of halogens is 1. The topological polar surface area (TPSA) is 85.9 Å². The molecule has 1 heterocycles. The van der Waals surface area contributed by atoms with E-state index < -0.39 is 11.7 Å². The number of anilines is 1. The molecule has 2 rings (SSSR count). The van der Waals surface area contributed by atoms with Crippen LogP contribution in [0.2, 0.25) is 0 Å². The smallest absolute Gasteiger partial charge is 0.413 e. The van der Waals surface area contributed by atoms with Gasteiger partial charge in [0.2, 0.25) is 0 Å². The van der Waals surface area contributed by atoms with Crippen LogP contribution in [0.4, 0.5) is 10.5 Å². The lowest BCUT2D eigenvalue weighted by atomic mass is 10.0. The predicted octanol–water partition coefficient (Wildman–Crippen LogP) is 3.41. The van der Waals surface area contributed by atoms with Gasteiger partial charge in [-0.25, -0.2) is 4.79 Å². The summed E-state index contributed by atoms with van der Waals surface area (Å²) in [6.07, 6.45) is -0.658. The Morgan fingerprint density at radius 3 is 2.74 bits per heavy atom. The van der Waals surface area contributed by atoms with E-state index in [1.165, 1.54) is 0 Å². The maximum atomic E-state index is 11.9. The van der Waals surface area contributed by atoms with Crippen LogP contribution in [-0.2, 0) is 9.47 Å².